The minimum Gasteiger partial charge on any atom is -0.496 e. The molecule has 0 aromatic heterocycles. The van der Waals surface area contributed by atoms with Gasteiger partial charge in [-0.15, -0.1) is 0 Å². The quantitative estimate of drug-likeness (QED) is 0.508. The molecule has 5 heteroatoms. The highest BCUT2D eigenvalue weighted by Crippen LogP contribution is 2.36. The van der Waals surface area contributed by atoms with Crippen LogP contribution in [0, 0.1) is 0 Å². The van der Waals surface area contributed by atoms with E-state index < -0.39 is 0 Å². The predicted molar refractivity (Wildman–Crippen MR) is 125 cm³/mol. The van der Waals surface area contributed by atoms with Gasteiger partial charge in [-0.3, -0.25) is 14.5 Å². The number of nitrogens with zero attached hydrogens (tertiary/aromatic N) is 2. The van der Waals surface area contributed by atoms with E-state index >= 15 is 0 Å². The number of ether oxygens (including phenoxy) is 1. The molecule has 5 nitrogen and oxygen atoms in total. The third-order valence-electron chi connectivity index (χ3n) is 5.63. The number of methoxy groups -OCH3 is 1. The van der Waals surface area contributed by atoms with Gasteiger partial charge in [0.1, 0.15) is 11.4 Å². The molecule has 0 spiro atoms. The van der Waals surface area contributed by atoms with Crippen LogP contribution >= 0.6 is 0 Å². The highest BCUT2D eigenvalue weighted by atomic mass is 16.5. The summed E-state index contributed by atoms with van der Waals surface area (Å²) in [6.45, 7) is 0.837. The first-order valence-corrected chi connectivity index (χ1v) is 10.6. The van der Waals surface area contributed by atoms with Crippen molar-refractivity contribution in [2.75, 3.05) is 20.7 Å². The third-order valence-corrected chi connectivity index (χ3v) is 5.63. The number of carbonyl (C=O) groups excluding carboxylic acids is 2. The second-order valence-corrected chi connectivity index (χ2v) is 7.76. The Morgan fingerprint density at radius 3 is 2.03 bits per heavy atom. The Kier molecular flexibility index (Phi) is 6.36. The molecule has 0 fully saturated rings. The average molecular weight is 427 g/mol. The van der Waals surface area contributed by atoms with Crippen molar-refractivity contribution in [2.45, 2.75) is 13.0 Å². The van der Waals surface area contributed by atoms with E-state index in [0.29, 0.717) is 42.1 Å². The van der Waals surface area contributed by atoms with Crippen molar-refractivity contribution in [1.82, 2.24) is 9.80 Å². The molecule has 0 N–H and O–H groups in total. The minimum absolute atomic E-state index is 0.273. The van der Waals surface area contributed by atoms with E-state index in [-0.39, 0.29) is 11.8 Å². The number of para-hydroxylation sites is 1. The molecule has 0 saturated carbocycles. The molecular formula is C27H26N2O3. The molecule has 0 unspecified atom stereocenters. The van der Waals surface area contributed by atoms with E-state index in [1.165, 1.54) is 4.90 Å². The van der Waals surface area contributed by atoms with Crippen molar-refractivity contribution in [3.63, 3.8) is 0 Å². The minimum atomic E-state index is -0.287. The summed E-state index contributed by atoms with van der Waals surface area (Å²) >= 11 is 0. The Hall–Kier alpha value is -3.86. The summed E-state index contributed by atoms with van der Waals surface area (Å²) in [6.07, 6.45) is 0.604. The van der Waals surface area contributed by atoms with Crippen LogP contribution in [-0.4, -0.2) is 42.3 Å². The van der Waals surface area contributed by atoms with E-state index in [9.17, 15) is 9.59 Å². The maximum absolute atomic E-state index is 13.5. The van der Waals surface area contributed by atoms with Gasteiger partial charge in [0.2, 0.25) is 0 Å². The van der Waals surface area contributed by atoms with Gasteiger partial charge in [-0.05, 0) is 23.6 Å². The van der Waals surface area contributed by atoms with Crippen LogP contribution in [-0.2, 0) is 22.6 Å². The maximum atomic E-state index is 13.5. The van der Waals surface area contributed by atoms with Crippen molar-refractivity contribution in [3.8, 4) is 5.75 Å². The lowest BCUT2D eigenvalue weighted by molar-refractivity contribution is -0.137. The van der Waals surface area contributed by atoms with Gasteiger partial charge < -0.3 is 9.64 Å². The summed E-state index contributed by atoms with van der Waals surface area (Å²) in [5.74, 6) is 0.00906. The molecular weight excluding hydrogens is 400 g/mol. The van der Waals surface area contributed by atoms with Crippen molar-refractivity contribution in [2.24, 2.45) is 0 Å². The lowest BCUT2D eigenvalue weighted by Crippen LogP contribution is -2.35. The fourth-order valence-electron chi connectivity index (χ4n) is 4.04. The summed E-state index contributed by atoms with van der Waals surface area (Å²) in [5.41, 5.74) is 3.56. The highest BCUT2D eigenvalue weighted by Gasteiger charge is 2.41. The number of rotatable bonds is 8. The van der Waals surface area contributed by atoms with Gasteiger partial charge in [-0.1, -0.05) is 78.9 Å². The van der Waals surface area contributed by atoms with Crippen molar-refractivity contribution in [3.05, 3.63) is 107 Å². The summed E-state index contributed by atoms with van der Waals surface area (Å²) in [7, 11) is 3.42. The van der Waals surface area contributed by atoms with E-state index in [0.717, 1.165) is 11.1 Å². The van der Waals surface area contributed by atoms with Crippen molar-refractivity contribution in [1.29, 1.82) is 0 Å². The van der Waals surface area contributed by atoms with Crippen LogP contribution in [0.25, 0.3) is 5.57 Å². The molecule has 0 radical (unpaired) electrons. The molecule has 2 amide bonds. The second-order valence-electron chi connectivity index (χ2n) is 7.76. The molecule has 0 bridgehead atoms. The van der Waals surface area contributed by atoms with Gasteiger partial charge in [-0.25, -0.2) is 0 Å². The van der Waals surface area contributed by atoms with Crippen LogP contribution in [0.3, 0.4) is 0 Å². The zero-order valence-electron chi connectivity index (χ0n) is 18.3. The van der Waals surface area contributed by atoms with Gasteiger partial charge in [-0.2, -0.15) is 0 Å². The first-order chi connectivity index (χ1) is 15.6. The third kappa shape index (κ3) is 4.28. The lowest BCUT2D eigenvalue weighted by atomic mass is 10.0. The van der Waals surface area contributed by atoms with Gasteiger partial charge in [0.25, 0.3) is 11.8 Å². The molecule has 162 valence electrons. The molecule has 4 rings (SSSR count). The molecule has 1 heterocycles. The number of imide groups is 1. The van der Waals surface area contributed by atoms with Crippen molar-refractivity contribution >= 4 is 17.4 Å². The van der Waals surface area contributed by atoms with Gasteiger partial charge >= 0.3 is 0 Å². The Balaban J connectivity index is 1.70. The van der Waals surface area contributed by atoms with Crippen LogP contribution in [0.1, 0.15) is 16.7 Å². The monoisotopic (exact) mass is 426 g/mol. The van der Waals surface area contributed by atoms with Crippen LogP contribution < -0.4 is 4.74 Å². The Bertz CT molecular complexity index is 1140. The summed E-state index contributed by atoms with van der Waals surface area (Å²) < 4.78 is 5.52. The fourth-order valence-corrected chi connectivity index (χ4v) is 4.04. The van der Waals surface area contributed by atoms with Crippen LogP contribution in [0.4, 0.5) is 0 Å². The topological polar surface area (TPSA) is 49.9 Å². The van der Waals surface area contributed by atoms with E-state index in [1.807, 2.05) is 96.9 Å². The van der Waals surface area contributed by atoms with Crippen molar-refractivity contribution < 1.29 is 14.3 Å². The first-order valence-electron chi connectivity index (χ1n) is 10.6. The number of amides is 2. The zero-order valence-corrected chi connectivity index (χ0v) is 18.3. The van der Waals surface area contributed by atoms with Gasteiger partial charge in [0.05, 0.1) is 12.7 Å². The molecule has 32 heavy (non-hydrogen) atoms. The van der Waals surface area contributed by atoms with Gasteiger partial charge in [0, 0.05) is 25.7 Å². The molecule has 0 saturated heterocycles. The Labute approximate surface area is 188 Å². The SMILES string of the molecule is COc1ccccc1C1=C(N(C)Cc2ccccc2)C(=O)N(CCc2ccccc2)C1=O. The smallest absolute Gasteiger partial charge is 0.277 e. The summed E-state index contributed by atoms with van der Waals surface area (Å²) in [5, 5.41) is 0. The van der Waals surface area contributed by atoms with E-state index in [1.54, 1.807) is 7.11 Å². The van der Waals surface area contributed by atoms with Crippen LogP contribution in [0.2, 0.25) is 0 Å². The van der Waals surface area contributed by atoms with Gasteiger partial charge in [0.15, 0.2) is 0 Å². The Morgan fingerprint density at radius 2 is 1.38 bits per heavy atom. The molecule has 0 aliphatic carbocycles. The number of likely N-dealkylation sites (N-methyl/N-ethyl adjacent to an activating group) is 1. The van der Waals surface area contributed by atoms with E-state index in [4.69, 9.17) is 4.74 Å². The normalized spacial score (nSPS) is 13.6. The largest absolute Gasteiger partial charge is 0.496 e. The second kappa shape index (κ2) is 9.52. The maximum Gasteiger partial charge on any atom is 0.277 e. The Morgan fingerprint density at radius 1 is 0.781 bits per heavy atom. The molecule has 0 atom stereocenters. The summed E-state index contributed by atoms with van der Waals surface area (Å²) in [6, 6.07) is 27.1. The zero-order chi connectivity index (χ0) is 22.5. The van der Waals surface area contributed by atoms with Crippen LogP contribution in [0.15, 0.2) is 90.6 Å². The molecule has 3 aromatic carbocycles. The number of hydrogen-bond acceptors (Lipinski definition) is 4. The van der Waals surface area contributed by atoms with E-state index in [2.05, 4.69) is 0 Å². The standard InChI is InChI=1S/C27H26N2O3/c1-28(19-21-13-7-4-8-14-21)25-24(22-15-9-10-16-23(22)32-2)26(30)29(27(25)31)18-17-20-11-5-3-6-12-20/h3-16H,17-19H2,1-2H3. The molecule has 3 aromatic rings. The summed E-state index contributed by atoms with van der Waals surface area (Å²) in [4.78, 5) is 30.3. The predicted octanol–water partition coefficient (Wildman–Crippen LogP) is 4.15. The highest BCUT2D eigenvalue weighted by molar-refractivity contribution is 6.36. The molecule has 1 aliphatic heterocycles. The number of benzene rings is 3. The first kappa shape index (κ1) is 21.4. The lowest BCUT2D eigenvalue weighted by Gasteiger charge is -2.22. The average Bonchev–Trinajstić information content (AvgIpc) is 3.08. The fraction of sp³-hybridized carbons (Fsp3) is 0.185. The number of hydrogen-bond donors (Lipinski definition) is 0. The van der Waals surface area contributed by atoms with Crippen LogP contribution in [0.5, 0.6) is 5.75 Å². The number of carbonyl (C=O) groups is 2. The molecule has 1 aliphatic rings.